The number of hydrogen-bond acceptors (Lipinski definition) is 5. The molecule has 4 aliphatic rings. The number of ether oxygens (including phenoxy) is 4. The summed E-state index contributed by atoms with van der Waals surface area (Å²) in [5, 5.41) is 0. The van der Waals surface area contributed by atoms with Crippen LogP contribution in [0.2, 0.25) is 0 Å². The molecule has 0 unspecified atom stereocenters. The van der Waals surface area contributed by atoms with Crippen molar-refractivity contribution in [2.75, 3.05) is 6.61 Å². The minimum atomic E-state index is -0.649. The number of fused-ring (bicyclic) bond motifs is 2. The van der Waals surface area contributed by atoms with Gasteiger partial charge >= 0.3 is 0 Å². The fourth-order valence-corrected chi connectivity index (χ4v) is 3.48. The first-order valence-electron chi connectivity index (χ1n) is 6.39. The lowest BCUT2D eigenvalue weighted by Crippen LogP contribution is -2.59. The van der Waals surface area contributed by atoms with Gasteiger partial charge in [-0.1, -0.05) is 0 Å². The second kappa shape index (κ2) is 3.35. The van der Waals surface area contributed by atoms with Crippen LogP contribution in [0.15, 0.2) is 11.8 Å². The van der Waals surface area contributed by atoms with Crippen LogP contribution in [-0.2, 0) is 23.7 Å². The van der Waals surface area contributed by atoms with Gasteiger partial charge < -0.3 is 18.9 Å². The number of Topliss-reactive ketones (excluding diaryl/α,β-unsaturated/α-hetero) is 1. The summed E-state index contributed by atoms with van der Waals surface area (Å²) in [6, 6.07) is 0. The molecule has 3 aliphatic heterocycles. The van der Waals surface area contributed by atoms with Crippen LogP contribution in [-0.4, -0.2) is 36.7 Å². The Morgan fingerprint density at radius 2 is 2.17 bits per heavy atom. The Morgan fingerprint density at radius 1 is 1.33 bits per heavy atom. The molecule has 98 valence electrons. The molecule has 0 bridgehead atoms. The number of hydrogen-bond donors (Lipinski definition) is 0. The van der Waals surface area contributed by atoms with Crippen LogP contribution in [0.1, 0.15) is 20.3 Å². The highest BCUT2D eigenvalue weighted by molar-refractivity contribution is 5.88. The van der Waals surface area contributed by atoms with Crippen molar-refractivity contribution in [1.82, 2.24) is 0 Å². The van der Waals surface area contributed by atoms with Gasteiger partial charge in [-0.3, -0.25) is 4.79 Å². The van der Waals surface area contributed by atoms with E-state index in [1.165, 1.54) is 0 Å². The van der Waals surface area contributed by atoms with Crippen LogP contribution >= 0.6 is 0 Å². The van der Waals surface area contributed by atoms with Gasteiger partial charge in [0.05, 0.1) is 24.7 Å². The van der Waals surface area contributed by atoms with E-state index in [0.717, 1.165) is 5.57 Å². The Hall–Kier alpha value is -0.910. The quantitative estimate of drug-likeness (QED) is 0.643. The third kappa shape index (κ3) is 1.35. The first-order valence-corrected chi connectivity index (χ1v) is 6.39. The SMILES string of the molecule is CC1(C)OC[C@H]2O[C@@H]3OC=C4CC(=O)[C@H]([C@@H]2O1)[C@@H]43. The van der Waals surface area contributed by atoms with E-state index in [1.54, 1.807) is 6.26 Å². The van der Waals surface area contributed by atoms with Gasteiger partial charge in [-0.2, -0.15) is 0 Å². The molecular weight excluding hydrogens is 236 g/mol. The summed E-state index contributed by atoms with van der Waals surface area (Å²) in [7, 11) is 0. The summed E-state index contributed by atoms with van der Waals surface area (Å²) in [5.41, 5.74) is 1.06. The molecule has 3 heterocycles. The summed E-state index contributed by atoms with van der Waals surface area (Å²) in [5.74, 6) is -0.488. The van der Waals surface area contributed by atoms with Gasteiger partial charge in [-0.15, -0.1) is 0 Å². The van der Waals surface area contributed by atoms with E-state index in [9.17, 15) is 4.79 Å². The third-order valence-corrected chi connectivity index (χ3v) is 4.26. The van der Waals surface area contributed by atoms with Gasteiger partial charge in [0.25, 0.3) is 0 Å². The summed E-state index contributed by atoms with van der Waals surface area (Å²) in [4.78, 5) is 12.2. The van der Waals surface area contributed by atoms with Crippen molar-refractivity contribution in [3.8, 4) is 0 Å². The zero-order valence-corrected chi connectivity index (χ0v) is 10.4. The summed E-state index contributed by atoms with van der Waals surface area (Å²) in [6.45, 7) is 4.19. The van der Waals surface area contributed by atoms with Gasteiger partial charge in [-0.05, 0) is 19.4 Å². The molecule has 0 radical (unpaired) electrons. The summed E-state index contributed by atoms with van der Waals surface area (Å²) >= 11 is 0. The predicted molar refractivity (Wildman–Crippen MR) is 59.3 cm³/mol. The highest BCUT2D eigenvalue weighted by Gasteiger charge is 2.59. The minimum absolute atomic E-state index is 0.0487. The zero-order valence-electron chi connectivity index (χ0n) is 10.4. The van der Waals surface area contributed by atoms with Crippen molar-refractivity contribution in [1.29, 1.82) is 0 Å². The third-order valence-electron chi connectivity index (χ3n) is 4.26. The maximum atomic E-state index is 12.2. The number of carbonyl (C=O) groups excluding carboxylic acids is 1. The predicted octanol–water partition coefficient (Wildman–Crippen LogP) is 0.982. The highest BCUT2D eigenvalue weighted by Crippen LogP contribution is 2.50. The van der Waals surface area contributed by atoms with Gasteiger partial charge in [0.15, 0.2) is 5.79 Å². The molecule has 4 rings (SSSR count). The molecule has 1 saturated carbocycles. The van der Waals surface area contributed by atoms with Crippen LogP contribution in [0.4, 0.5) is 0 Å². The fourth-order valence-electron chi connectivity index (χ4n) is 3.48. The summed E-state index contributed by atoms with van der Waals surface area (Å²) in [6.07, 6.45) is 1.42. The van der Waals surface area contributed by atoms with Crippen LogP contribution < -0.4 is 0 Å². The average molecular weight is 252 g/mol. The molecule has 18 heavy (non-hydrogen) atoms. The van der Waals surface area contributed by atoms with E-state index < -0.39 is 5.79 Å². The maximum Gasteiger partial charge on any atom is 0.206 e. The topological polar surface area (TPSA) is 54.0 Å². The second-order valence-corrected chi connectivity index (χ2v) is 5.86. The monoisotopic (exact) mass is 252 g/mol. The van der Waals surface area contributed by atoms with Crippen LogP contribution in [0.5, 0.6) is 0 Å². The lowest BCUT2D eigenvalue weighted by atomic mass is 9.83. The standard InChI is InChI=1S/C13H16O5/c1-13(2)16-5-8-11(18-13)10-7(14)3-6-4-15-12(17-8)9(6)10/h4,8-12H,3,5H2,1-2H3/t8-,9-,10+,11-,12+/m1/s1. The lowest BCUT2D eigenvalue weighted by molar-refractivity contribution is -0.354. The van der Waals surface area contributed by atoms with Gasteiger partial charge in [0.2, 0.25) is 6.29 Å². The first kappa shape index (κ1) is 11.0. The average Bonchev–Trinajstić information content (AvgIpc) is 2.82. The molecule has 0 N–H and O–H groups in total. The Morgan fingerprint density at radius 3 is 3.00 bits per heavy atom. The van der Waals surface area contributed by atoms with E-state index in [0.29, 0.717) is 13.0 Å². The molecular formula is C13H16O5. The van der Waals surface area contributed by atoms with Crippen molar-refractivity contribution < 1.29 is 23.7 Å². The van der Waals surface area contributed by atoms with E-state index in [1.807, 2.05) is 13.8 Å². The normalized spacial score (nSPS) is 48.2. The van der Waals surface area contributed by atoms with Crippen LogP contribution in [0.25, 0.3) is 0 Å². The molecule has 3 fully saturated rings. The highest BCUT2D eigenvalue weighted by atomic mass is 16.8. The number of carbonyl (C=O) groups is 1. The maximum absolute atomic E-state index is 12.2. The van der Waals surface area contributed by atoms with Gasteiger partial charge in [0.1, 0.15) is 18.0 Å². The van der Waals surface area contributed by atoms with Crippen molar-refractivity contribution in [2.24, 2.45) is 11.8 Å². The number of rotatable bonds is 0. The Kier molecular flexibility index (Phi) is 2.04. The molecule has 5 heteroatoms. The van der Waals surface area contributed by atoms with Crippen LogP contribution in [0, 0.1) is 11.8 Å². The molecule has 0 amide bonds. The first-order chi connectivity index (χ1) is 8.55. The minimum Gasteiger partial charge on any atom is -0.472 e. The largest absolute Gasteiger partial charge is 0.472 e. The lowest BCUT2D eigenvalue weighted by Gasteiger charge is -2.48. The van der Waals surface area contributed by atoms with Crippen molar-refractivity contribution in [3.63, 3.8) is 0 Å². The molecule has 5 nitrogen and oxygen atoms in total. The molecule has 0 spiro atoms. The van der Waals surface area contributed by atoms with E-state index >= 15 is 0 Å². The van der Waals surface area contributed by atoms with E-state index in [4.69, 9.17) is 18.9 Å². The Labute approximate surface area is 105 Å². The molecule has 0 aromatic rings. The molecule has 0 aromatic heterocycles. The Balaban J connectivity index is 1.70. The summed E-state index contributed by atoms with van der Waals surface area (Å²) < 4.78 is 22.9. The molecule has 0 aromatic carbocycles. The Bertz CT molecular complexity index is 441. The molecule has 5 atom stereocenters. The second-order valence-electron chi connectivity index (χ2n) is 5.86. The van der Waals surface area contributed by atoms with E-state index in [-0.39, 0.29) is 36.1 Å². The fraction of sp³-hybridized carbons (Fsp3) is 0.769. The van der Waals surface area contributed by atoms with Gasteiger partial charge in [-0.25, -0.2) is 0 Å². The van der Waals surface area contributed by atoms with Crippen molar-refractivity contribution >= 4 is 5.78 Å². The van der Waals surface area contributed by atoms with Crippen molar-refractivity contribution in [2.45, 2.75) is 44.6 Å². The smallest absolute Gasteiger partial charge is 0.206 e. The van der Waals surface area contributed by atoms with Gasteiger partial charge in [0, 0.05) is 6.42 Å². The molecule has 2 saturated heterocycles. The molecule has 1 aliphatic carbocycles. The zero-order chi connectivity index (χ0) is 12.5. The van der Waals surface area contributed by atoms with Crippen LogP contribution in [0.3, 0.4) is 0 Å². The number of ketones is 1. The van der Waals surface area contributed by atoms with Crippen molar-refractivity contribution in [3.05, 3.63) is 11.8 Å². The van der Waals surface area contributed by atoms with E-state index in [2.05, 4.69) is 0 Å².